The molecule has 0 aromatic heterocycles. The number of alkyl halides is 3. The summed E-state index contributed by atoms with van der Waals surface area (Å²) < 4.78 is 71.4. The van der Waals surface area contributed by atoms with Gasteiger partial charge in [-0.25, -0.2) is 8.42 Å². The van der Waals surface area contributed by atoms with Crippen molar-refractivity contribution in [2.75, 3.05) is 35.9 Å². The minimum absolute atomic E-state index is 0.312. The van der Waals surface area contributed by atoms with E-state index in [0.717, 1.165) is 18.2 Å². The predicted octanol–water partition coefficient (Wildman–Crippen LogP) is 3.34. The van der Waals surface area contributed by atoms with Crippen LogP contribution in [0.2, 0.25) is 0 Å². The van der Waals surface area contributed by atoms with Crippen LogP contribution in [0.4, 0.5) is 24.5 Å². The Hall–Kier alpha value is -2.26. The summed E-state index contributed by atoms with van der Waals surface area (Å²) >= 11 is 0. The second-order valence-corrected chi connectivity index (χ2v) is 7.43. The molecule has 26 heavy (non-hydrogen) atoms. The Balaban J connectivity index is 1.91. The van der Waals surface area contributed by atoms with Crippen molar-refractivity contribution in [1.29, 1.82) is 0 Å². The van der Waals surface area contributed by atoms with E-state index in [9.17, 15) is 21.6 Å². The molecule has 1 aliphatic rings. The predicted molar refractivity (Wildman–Crippen MR) is 91.7 cm³/mol. The first-order valence-corrected chi connectivity index (χ1v) is 9.37. The van der Waals surface area contributed by atoms with Gasteiger partial charge in [-0.15, -0.1) is 0 Å². The zero-order chi connectivity index (χ0) is 18.8. The number of hydrogen-bond acceptors (Lipinski definition) is 4. The Morgan fingerprint density at radius 2 is 1.69 bits per heavy atom. The van der Waals surface area contributed by atoms with Crippen molar-refractivity contribution in [1.82, 2.24) is 0 Å². The molecule has 0 aliphatic carbocycles. The van der Waals surface area contributed by atoms with Crippen molar-refractivity contribution in [3.8, 4) is 0 Å². The molecule has 0 unspecified atom stereocenters. The first kappa shape index (κ1) is 18.5. The number of morpholine rings is 1. The average Bonchev–Trinajstić information content (AvgIpc) is 2.62. The Morgan fingerprint density at radius 3 is 2.38 bits per heavy atom. The largest absolute Gasteiger partial charge is 0.416 e. The van der Waals surface area contributed by atoms with Crippen molar-refractivity contribution in [3.05, 3.63) is 54.1 Å². The lowest BCUT2D eigenvalue weighted by molar-refractivity contribution is -0.137. The quantitative estimate of drug-likeness (QED) is 0.876. The van der Waals surface area contributed by atoms with E-state index >= 15 is 0 Å². The zero-order valence-corrected chi connectivity index (χ0v) is 14.5. The van der Waals surface area contributed by atoms with Crippen LogP contribution in [-0.4, -0.2) is 34.7 Å². The first-order chi connectivity index (χ1) is 12.3. The van der Waals surface area contributed by atoms with Crippen LogP contribution in [0.25, 0.3) is 0 Å². The van der Waals surface area contributed by atoms with Gasteiger partial charge in [0.25, 0.3) is 10.0 Å². The number of anilines is 2. The number of nitrogens with zero attached hydrogens (tertiary/aromatic N) is 1. The fourth-order valence-electron chi connectivity index (χ4n) is 2.68. The van der Waals surface area contributed by atoms with Crippen LogP contribution in [0.1, 0.15) is 5.56 Å². The van der Waals surface area contributed by atoms with Gasteiger partial charge in [-0.05, 0) is 30.3 Å². The van der Waals surface area contributed by atoms with Crippen molar-refractivity contribution in [3.63, 3.8) is 0 Å². The lowest BCUT2D eigenvalue weighted by Gasteiger charge is -2.30. The SMILES string of the molecule is O=S(=O)(Nc1ccccc1N1CCOCC1)c1cccc(C(F)(F)F)c1. The van der Waals surface area contributed by atoms with Crippen LogP contribution in [0.3, 0.4) is 0 Å². The van der Waals surface area contributed by atoms with Gasteiger partial charge in [-0.3, -0.25) is 4.72 Å². The lowest BCUT2D eigenvalue weighted by Crippen LogP contribution is -2.36. The molecule has 0 amide bonds. The van der Waals surface area contributed by atoms with Crippen LogP contribution < -0.4 is 9.62 Å². The van der Waals surface area contributed by atoms with Gasteiger partial charge < -0.3 is 9.64 Å². The van der Waals surface area contributed by atoms with E-state index < -0.39 is 26.7 Å². The van der Waals surface area contributed by atoms with Crippen molar-refractivity contribution >= 4 is 21.4 Å². The van der Waals surface area contributed by atoms with E-state index in [1.165, 1.54) is 0 Å². The molecule has 0 atom stereocenters. The number of ether oxygens (including phenoxy) is 1. The molecule has 1 saturated heterocycles. The summed E-state index contributed by atoms with van der Waals surface area (Å²) in [7, 11) is -4.17. The third kappa shape index (κ3) is 4.10. The van der Waals surface area contributed by atoms with E-state index in [0.29, 0.717) is 43.7 Å². The summed E-state index contributed by atoms with van der Waals surface area (Å²) in [5, 5.41) is 0. The molecule has 0 spiro atoms. The van der Waals surface area contributed by atoms with E-state index in [2.05, 4.69) is 4.72 Å². The number of halogens is 3. The van der Waals surface area contributed by atoms with Crippen LogP contribution in [0.5, 0.6) is 0 Å². The number of hydrogen-bond donors (Lipinski definition) is 1. The normalized spacial score (nSPS) is 15.7. The molecule has 5 nitrogen and oxygen atoms in total. The monoisotopic (exact) mass is 386 g/mol. The summed E-state index contributed by atoms with van der Waals surface area (Å²) in [4.78, 5) is 1.53. The fourth-order valence-corrected chi connectivity index (χ4v) is 3.80. The van der Waals surface area contributed by atoms with E-state index in [1.807, 2.05) is 4.90 Å². The first-order valence-electron chi connectivity index (χ1n) is 7.89. The molecule has 1 heterocycles. The molecule has 1 aliphatic heterocycles. The average molecular weight is 386 g/mol. The molecule has 2 aromatic carbocycles. The van der Waals surface area contributed by atoms with Gasteiger partial charge in [0, 0.05) is 13.1 Å². The topological polar surface area (TPSA) is 58.6 Å². The van der Waals surface area contributed by atoms with Gasteiger partial charge in [0.15, 0.2) is 0 Å². The number of rotatable bonds is 4. The Bertz CT molecular complexity index is 879. The highest BCUT2D eigenvalue weighted by molar-refractivity contribution is 7.92. The van der Waals surface area contributed by atoms with Crippen LogP contribution in [0.15, 0.2) is 53.4 Å². The second kappa shape index (κ2) is 7.16. The highest BCUT2D eigenvalue weighted by atomic mass is 32.2. The number of para-hydroxylation sites is 2. The lowest BCUT2D eigenvalue weighted by atomic mass is 10.2. The molecule has 140 valence electrons. The second-order valence-electron chi connectivity index (χ2n) is 5.75. The highest BCUT2D eigenvalue weighted by Crippen LogP contribution is 2.32. The van der Waals surface area contributed by atoms with E-state index in [4.69, 9.17) is 4.74 Å². The molecule has 3 rings (SSSR count). The van der Waals surface area contributed by atoms with Gasteiger partial charge in [0.2, 0.25) is 0 Å². The third-order valence-electron chi connectivity index (χ3n) is 3.97. The molecule has 0 radical (unpaired) electrons. The Morgan fingerprint density at radius 1 is 1.00 bits per heavy atom. The maximum atomic E-state index is 12.9. The summed E-state index contributed by atoms with van der Waals surface area (Å²) in [6.45, 7) is 2.24. The minimum Gasteiger partial charge on any atom is -0.378 e. The van der Waals surface area contributed by atoms with Gasteiger partial charge in [-0.1, -0.05) is 18.2 Å². The zero-order valence-electron chi connectivity index (χ0n) is 13.7. The van der Waals surface area contributed by atoms with Crippen LogP contribution >= 0.6 is 0 Å². The molecular formula is C17H17F3N2O3S. The van der Waals surface area contributed by atoms with Gasteiger partial charge in [-0.2, -0.15) is 13.2 Å². The summed E-state index contributed by atoms with van der Waals surface area (Å²) in [6.07, 6.45) is -4.61. The van der Waals surface area contributed by atoms with Crippen LogP contribution in [0, 0.1) is 0 Å². The number of benzene rings is 2. The standard InChI is InChI=1S/C17H17F3N2O3S/c18-17(19,20)13-4-3-5-14(12-13)26(23,24)21-15-6-1-2-7-16(15)22-8-10-25-11-9-22/h1-7,12,21H,8-11H2. The summed E-state index contributed by atoms with van der Waals surface area (Å²) in [5.41, 5.74) is -0.0417. The van der Waals surface area contributed by atoms with Crippen molar-refractivity contribution < 1.29 is 26.3 Å². The Labute approximate surface area is 149 Å². The molecule has 1 N–H and O–H groups in total. The maximum Gasteiger partial charge on any atom is 0.416 e. The summed E-state index contributed by atoms with van der Waals surface area (Å²) in [5.74, 6) is 0. The smallest absolute Gasteiger partial charge is 0.378 e. The number of nitrogens with one attached hydrogen (secondary N) is 1. The van der Waals surface area contributed by atoms with Crippen molar-refractivity contribution in [2.24, 2.45) is 0 Å². The molecule has 9 heteroatoms. The van der Waals surface area contributed by atoms with Gasteiger partial charge >= 0.3 is 6.18 Å². The van der Waals surface area contributed by atoms with Gasteiger partial charge in [0.1, 0.15) is 0 Å². The molecule has 1 fully saturated rings. The minimum atomic E-state index is -4.61. The van der Waals surface area contributed by atoms with E-state index in [-0.39, 0.29) is 0 Å². The molecule has 0 bridgehead atoms. The van der Waals surface area contributed by atoms with Gasteiger partial charge in [0.05, 0.1) is 35.0 Å². The summed E-state index contributed by atoms with van der Waals surface area (Å²) in [6, 6.07) is 10.4. The number of sulfonamides is 1. The van der Waals surface area contributed by atoms with E-state index in [1.54, 1.807) is 24.3 Å². The van der Waals surface area contributed by atoms with Crippen molar-refractivity contribution in [2.45, 2.75) is 11.1 Å². The molecule has 0 saturated carbocycles. The maximum absolute atomic E-state index is 12.9. The molecular weight excluding hydrogens is 369 g/mol. The fraction of sp³-hybridized carbons (Fsp3) is 0.294. The Kier molecular flexibility index (Phi) is 5.10. The van der Waals surface area contributed by atoms with Crippen LogP contribution in [-0.2, 0) is 20.9 Å². The highest BCUT2D eigenvalue weighted by Gasteiger charge is 2.31. The third-order valence-corrected chi connectivity index (χ3v) is 5.33. The molecule has 2 aromatic rings.